The molecule has 1 aromatic rings. The minimum atomic E-state index is -1.28. The van der Waals surface area contributed by atoms with E-state index >= 15 is 0 Å². The van der Waals surface area contributed by atoms with E-state index in [4.69, 9.17) is 32.5 Å². The zero-order valence-corrected chi connectivity index (χ0v) is 19.8. The average molecular weight is 486 g/mol. The van der Waals surface area contributed by atoms with Gasteiger partial charge in [0.15, 0.2) is 0 Å². The first kappa shape index (κ1) is 26.0. The molecule has 0 bridgehead atoms. The summed E-state index contributed by atoms with van der Waals surface area (Å²) >= 11 is 11.9. The maximum absolute atomic E-state index is 12.5. The Morgan fingerprint density at radius 3 is 2.59 bits per heavy atom. The first-order chi connectivity index (χ1) is 15.0. The highest BCUT2D eigenvalue weighted by atomic mass is 35.5. The van der Waals surface area contributed by atoms with Gasteiger partial charge >= 0.3 is 19.1 Å². The van der Waals surface area contributed by atoms with Crippen LogP contribution in [0.3, 0.4) is 0 Å². The monoisotopic (exact) mass is 485 g/mol. The van der Waals surface area contributed by atoms with E-state index in [1.165, 1.54) is 17.0 Å². The largest absolute Gasteiger partial charge is 0.622 e. The van der Waals surface area contributed by atoms with Gasteiger partial charge in [0.2, 0.25) is 5.91 Å². The van der Waals surface area contributed by atoms with Gasteiger partial charge in [-0.25, -0.2) is 0 Å². The van der Waals surface area contributed by atoms with Crippen molar-refractivity contribution < 1.29 is 28.5 Å². The number of halogens is 2. The third-order valence-corrected chi connectivity index (χ3v) is 5.41. The lowest BCUT2D eigenvalue weighted by molar-refractivity contribution is -0.150. The molecule has 9 nitrogen and oxygen atoms in total. The average Bonchev–Trinajstić information content (AvgIpc) is 2.71. The molecule has 1 unspecified atom stereocenters. The van der Waals surface area contributed by atoms with Gasteiger partial charge in [-0.2, -0.15) is 0 Å². The van der Waals surface area contributed by atoms with Gasteiger partial charge in [0.25, 0.3) is 5.91 Å². The van der Waals surface area contributed by atoms with Gasteiger partial charge in [-0.3, -0.25) is 24.1 Å². The lowest BCUT2D eigenvalue weighted by atomic mass is 9.73. The van der Waals surface area contributed by atoms with Crippen LogP contribution in [0.5, 0.6) is 0 Å². The van der Waals surface area contributed by atoms with Gasteiger partial charge < -0.3 is 19.9 Å². The third-order valence-electron chi connectivity index (χ3n) is 4.84. The van der Waals surface area contributed by atoms with E-state index < -0.39 is 42.9 Å². The Morgan fingerprint density at radius 2 is 1.94 bits per heavy atom. The Bertz CT molecular complexity index is 885. The summed E-state index contributed by atoms with van der Waals surface area (Å²) in [5.41, 5.74) is 0.131. The van der Waals surface area contributed by atoms with E-state index in [0.717, 1.165) is 0 Å². The smallest absolute Gasteiger partial charge is 0.497 e. The van der Waals surface area contributed by atoms with Crippen LogP contribution in [-0.4, -0.2) is 67.9 Å². The molecule has 1 heterocycles. The number of hydrogen-bond acceptors (Lipinski definition) is 7. The second kappa shape index (κ2) is 11.5. The molecule has 1 fully saturated rings. The molecule has 2 atom stereocenters. The van der Waals surface area contributed by atoms with Gasteiger partial charge in [0.05, 0.1) is 29.6 Å². The molecule has 2 rings (SSSR count). The van der Waals surface area contributed by atoms with Crippen molar-refractivity contribution >= 4 is 54.1 Å². The zero-order chi connectivity index (χ0) is 24.0. The summed E-state index contributed by atoms with van der Waals surface area (Å²) in [6.07, 6.45) is 0.370. The van der Waals surface area contributed by atoms with E-state index in [1.807, 2.05) is 13.8 Å². The van der Waals surface area contributed by atoms with Crippen molar-refractivity contribution in [2.24, 2.45) is 5.92 Å². The van der Waals surface area contributed by atoms with Crippen molar-refractivity contribution in [2.45, 2.75) is 39.2 Å². The van der Waals surface area contributed by atoms with Crippen LogP contribution in [0.4, 0.5) is 0 Å². The van der Waals surface area contributed by atoms with Crippen molar-refractivity contribution in [1.82, 2.24) is 15.5 Å². The predicted octanol–water partition coefficient (Wildman–Crippen LogP) is 1.70. The number of amides is 2. The molecule has 1 aliphatic rings. The molecular formula is C20H26BCl2N3O6. The lowest BCUT2D eigenvalue weighted by Gasteiger charge is -2.31. The van der Waals surface area contributed by atoms with E-state index in [1.54, 1.807) is 20.0 Å². The van der Waals surface area contributed by atoms with Crippen LogP contribution < -0.4 is 10.6 Å². The number of nitrogens with one attached hydrogen (secondary N) is 2. The van der Waals surface area contributed by atoms with Gasteiger partial charge in [0.1, 0.15) is 6.04 Å². The first-order valence-electron chi connectivity index (χ1n) is 10.1. The molecule has 1 aliphatic heterocycles. The Morgan fingerprint density at radius 1 is 1.25 bits per heavy atom. The van der Waals surface area contributed by atoms with Gasteiger partial charge in [-0.05, 0) is 44.5 Å². The molecule has 0 aromatic heterocycles. The summed E-state index contributed by atoms with van der Waals surface area (Å²) in [4.78, 5) is 50.9. The molecule has 32 heavy (non-hydrogen) atoms. The fourth-order valence-corrected chi connectivity index (χ4v) is 3.40. The van der Waals surface area contributed by atoms with E-state index in [0.29, 0.717) is 11.4 Å². The molecule has 1 aromatic carbocycles. The van der Waals surface area contributed by atoms with Crippen molar-refractivity contribution in [2.75, 3.05) is 20.1 Å². The SMILES string of the molecule is CC(C)C[C@H](NC(=O)CNC(=O)c1cc(Cl)ccc1Cl)B1OC(=O)CN(C)C(C)C(=O)O1. The van der Waals surface area contributed by atoms with Crippen molar-refractivity contribution in [3.63, 3.8) is 0 Å². The van der Waals surface area contributed by atoms with Crippen LogP contribution in [0.15, 0.2) is 18.2 Å². The highest BCUT2D eigenvalue weighted by molar-refractivity contribution is 6.51. The summed E-state index contributed by atoms with van der Waals surface area (Å²) in [6.45, 7) is 4.97. The maximum atomic E-state index is 12.5. The number of rotatable bonds is 7. The van der Waals surface area contributed by atoms with Crippen LogP contribution in [0.1, 0.15) is 37.6 Å². The van der Waals surface area contributed by atoms with Gasteiger partial charge in [0, 0.05) is 5.02 Å². The summed E-state index contributed by atoms with van der Waals surface area (Å²) in [5, 5.41) is 5.67. The Kier molecular flexibility index (Phi) is 9.36. The molecule has 174 valence electrons. The molecule has 0 aliphatic carbocycles. The maximum Gasteiger partial charge on any atom is 0.622 e. The van der Waals surface area contributed by atoms with Crippen LogP contribution in [-0.2, 0) is 23.7 Å². The molecule has 0 radical (unpaired) electrons. The summed E-state index contributed by atoms with van der Waals surface area (Å²) in [5.74, 6) is -2.99. The number of nitrogens with zero attached hydrogens (tertiary/aromatic N) is 1. The standard InChI is InChI=1S/C20H26BCl2N3O6/c1-11(2)7-16(21-31-18(28)10-26(4)12(3)20(30)32-21)25-17(27)9-24-19(29)14-8-13(22)5-6-15(14)23/h5-6,8,11-12,16H,7,9-10H2,1-4H3,(H,24,29)(H,25,27)/t12?,16-/m0/s1. The van der Waals surface area contributed by atoms with E-state index in [9.17, 15) is 19.2 Å². The van der Waals surface area contributed by atoms with E-state index in [-0.39, 0.29) is 29.6 Å². The Balaban J connectivity index is 2.06. The number of benzene rings is 1. The number of carbonyl (C=O) groups is 4. The fraction of sp³-hybridized carbons (Fsp3) is 0.500. The van der Waals surface area contributed by atoms with Gasteiger partial charge in [-0.1, -0.05) is 37.0 Å². The topological polar surface area (TPSA) is 114 Å². The zero-order valence-electron chi connectivity index (χ0n) is 18.3. The number of hydrogen-bond donors (Lipinski definition) is 2. The van der Waals surface area contributed by atoms with Crippen molar-refractivity contribution in [1.29, 1.82) is 0 Å². The van der Waals surface area contributed by atoms with Gasteiger partial charge in [-0.15, -0.1) is 0 Å². The lowest BCUT2D eigenvalue weighted by Crippen LogP contribution is -2.57. The Labute approximate surface area is 197 Å². The number of carbonyl (C=O) groups excluding carboxylic acids is 4. The quantitative estimate of drug-likeness (QED) is 0.565. The minimum Gasteiger partial charge on any atom is -0.497 e. The van der Waals surface area contributed by atoms with Crippen molar-refractivity contribution in [3.05, 3.63) is 33.8 Å². The molecule has 0 saturated carbocycles. The molecular weight excluding hydrogens is 460 g/mol. The summed E-state index contributed by atoms with van der Waals surface area (Å²) in [6, 6.07) is 3.76. The Hall–Kier alpha value is -2.30. The summed E-state index contributed by atoms with van der Waals surface area (Å²) < 4.78 is 10.7. The van der Waals surface area contributed by atoms with Crippen LogP contribution >= 0.6 is 23.2 Å². The fourth-order valence-electron chi connectivity index (χ4n) is 3.02. The highest BCUT2D eigenvalue weighted by Crippen LogP contribution is 2.20. The molecule has 2 amide bonds. The highest BCUT2D eigenvalue weighted by Gasteiger charge is 2.42. The number of likely N-dealkylation sites (N-methyl/N-ethyl adjacent to an activating group) is 1. The van der Waals surface area contributed by atoms with Crippen molar-refractivity contribution in [3.8, 4) is 0 Å². The molecule has 0 spiro atoms. The molecule has 2 N–H and O–H groups in total. The van der Waals surface area contributed by atoms with E-state index in [2.05, 4.69) is 10.6 Å². The first-order valence-corrected chi connectivity index (χ1v) is 10.9. The summed E-state index contributed by atoms with van der Waals surface area (Å²) in [7, 11) is 0.325. The van der Waals surface area contributed by atoms with Crippen LogP contribution in [0, 0.1) is 5.92 Å². The molecule has 12 heteroatoms. The third kappa shape index (κ3) is 7.39. The second-order valence-corrected chi connectivity index (χ2v) is 8.84. The normalized spacial score (nSPS) is 18.3. The minimum absolute atomic E-state index is 0.0862. The second-order valence-electron chi connectivity index (χ2n) is 8.00. The predicted molar refractivity (Wildman–Crippen MR) is 120 cm³/mol. The van der Waals surface area contributed by atoms with Crippen LogP contribution in [0.2, 0.25) is 10.0 Å². The molecule has 1 saturated heterocycles. The van der Waals surface area contributed by atoms with Crippen LogP contribution in [0.25, 0.3) is 0 Å².